The van der Waals surface area contributed by atoms with Gasteiger partial charge >= 0.3 is 0 Å². The summed E-state index contributed by atoms with van der Waals surface area (Å²) in [5.74, 6) is -2.86. The molecule has 0 radical (unpaired) electrons. The molecule has 186 valence electrons. The quantitative estimate of drug-likeness (QED) is 0.425. The second-order valence-electron chi connectivity index (χ2n) is 8.96. The number of hydrogen-bond donors (Lipinski definition) is 2. The van der Waals surface area contributed by atoms with Crippen molar-refractivity contribution in [1.29, 1.82) is 0 Å². The van der Waals surface area contributed by atoms with Crippen molar-refractivity contribution < 1.29 is 13.6 Å². The van der Waals surface area contributed by atoms with E-state index >= 15 is 0 Å². The Hall–Kier alpha value is -4.12. The molecule has 1 saturated heterocycles. The second-order valence-corrected chi connectivity index (χ2v) is 8.96. The number of nitrogens with one attached hydrogen (secondary N) is 1. The van der Waals surface area contributed by atoms with Crippen molar-refractivity contribution in [1.82, 2.24) is 24.5 Å². The molecule has 36 heavy (non-hydrogen) atoms. The SMILES string of the molecule is CC(C)N1CCN(c2ccc(Nc3ncc(-c4cc(F)c(C(N)=O)c(F)c4)n4ncnc34)cc2)CC1. The van der Waals surface area contributed by atoms with E-state index in [4.69, 9.17) is 5.73 Å². The summed E-state index contributed by atoms with van der Waals surface area (Å²) in [6.45, 7) is 8.49. The number of piperazine rings is 1. The first-order valence-electron chi connectivity index (χ1n) is 11.7. The van der Waals surface area contributed by atoms with Crippen LogP contribution in [0, 0.1) is 11.6 Å². The second kappa shape index (κ2) is 9.50. The lowest BCUT2D eigenvalue weighted by Crippen LogP contribution is -2.48. The third-order valence-electron chi connectivity index (χ3n) is 6.43. The molecule has 4 aromatic rings. The highest BCUT2D eigenvalue weighted by atomic mass is 19.1. The van der Waals surface area contributed by atoms with Crippen LogP contribution in [0.3, 0.4) is 0 Å². The number of fused-ring (bicyclic) bond motifs is 1. The number of nitrogens with zero attached hydrogens (tertiary/aromatic N) is 6. The smallest absolute Gasteiger partial charge is 0.254 e. The number of anilines is 3. The summed E-state index contributed by atoms with van der Waals surface area (Å²) in [6, 6.07) is 10.7. The Bertz CT molecular complexity index is 1390. The number of halogens is 2. The Kier molecular flexibility index (Phi) is 6.23. The minimum absolute atomic E-state index is 0.145. The van der Waals surface area contributed by atoms with E-state index in [-0.39, 0.29) is 5.56 Å². The Morgan fingerprint density at radius 2 is 1.69 bits per heavy atom. The van der Waals surface area contributed by atoms with Crippen LogP contribution in [-0.4, -0.2) is 62.6 Å². The summed E-state index contributed by atoms with van der Waals surface area (Å²) in [4.78, 5) is 24.8. The Morgan fingerprint density at radius 3 is 2.31 bits per heavy atom. The van der Waals surface area contributed by atoms with Gasteiger partial charge in [-0.3, -0.25) is 9.69 Å². The minimum Gasteiger partial charge on any atom is -0.369 e. The van der Waals surface area contributed by atoms with Gasteiger partial charge in [0.1, 0.15) is 23.5 Å². The number of nitrogens with two attached hydrogens (primary N) is 1. The van der Waals surface area contributed by atoms with Crippen LogP contribution in [0.15, 0.2) is 48.9 Å². The van der Waals surface area contributed by atoms with Crippen LogP contribution in [0.25, 0.3) is 16.9 Å². The number of carbonyl (C=O) groups excluding carboxylic acids is 1. The van der Waals surface area contributed by atoms with Gasteiger partial charge in [-0.15, -0.1) is 0 Å². The third kappa shape index (κ3) is 4.44. The number of rotatable bonds is 6. The molecule has 1 aliphatic rings. The van der Waals surface area contributed by atoms with E-state index in [9.17, 15) is 13.6 Å². The molecule has 1 fully saturated rings. The van der Waals surface area contributed by atoms with Gasteiger partial charge in [0.15, 0.2) is 11.5 Å². The largest absolute Gasteiger partial charge is 0.369 e. The van der Waals surface area contributed by atoms with E-state index in [2.05, 4.69) is 56.2 Å². The molecule has 0 aliphatic carbocycles. The molecule has 11 heteroatoms. The maximum absolute atomic E-state index is 14.3. The van der Waals surface area contributed by atoms with E-state index in [0.717, 1.165) is 49.7 Å². The van der Waals surface area contributed by atoms with Gasteiger partial charge < -0.3 is 16.0 Å². The molecule has 1 amide bonds. The van der Waals surface area contributed by atoms with Crippen LogP contribution in [0.1, 0.15) is 24.2 Å². The predicted molar refractivity (Wildman–Crippen MR) is 133 cm³/mol. The van der Waals surface area contributed by atoms with Gasteiger partial charge in [0.05, 0.1) is 11.9 Å². The maximum atomic E-state index is 14.3. The van der Waals surface area contributed by atoms with Gasteiger partial charge in [0, 0.05) is 49.2 Å². The maximum Gasteiger partial charge on any atom is 0.254 e. The fourth-order valence-corrected chi connectivity index (χ4v) is 4.45. The standard InChI is InChI=1S/C25H26F2N8O/c1-15(2)33-7-9-34(10-8-33)18-5-3-17(4-6-18)32-24-25-30-14-31-35(25)21(13-29-24)16-11-19(26)22(23(28)36)20(27)12-16/h3-6,11-15H,7-10H2,1-2H3,(H2,28,36)(H,29,32). The molecule has 0 spiro atoms. The normalized spacial score (nSPS) is 14.5. The summed E-state index contributed by atoms with van der Waals surface area (Å²) < 4.78 is 30.1. The van der Waals surface area contributed by atoms with Gasteiger partial charge in [-0.2, -0.15) is 5.10 Å². The van der Waals surface area contributed by atoms with E-state index < -0.39 is 23.1 Å². The van der Waals surface area contributed by atoms with Crippen molar-refractivity contribution >= 4 is 28.7 Å². The van der Waals surface area contributed by atoms with Crippen molar-refractivity contribution in [3.63, 3.8) is 0 Å². The average molecular weight is 493 g/mol. The molecule has 2 aromatic heterocycles. The number of carbonyl (C=O) groups is 1. The summed E-state index contributed by atoms with van der Waals surface area (Å²) in [5, 5.41) is 7.43. The minimum atomic E-state index is -1.18. The lowest BCUT2D eigenvalue weighted by molar-refractivity contribution is 0.0992. The van der Waals surface area contributed by atoms with Crippen molar-refractivity contribution in [3.05, 3.63) is 66.1 Å². The van der Waals surface area contributed by atoms with Crippen LogP contribution in [0.4, 0.5) is 26.0 Å². The summed E-state index contributed by atoms with van der Waals surface area (Å²) in [6.07, 6.45) is 2.76. The van der Waals surface area contributed by atoms with Crippen molar-refractivity contribution in [3.8, 4) is 11.3 Å². The summed E-state index contributed by atoms with van der Waals surface area (Å²) in [7, 11) is 0. The first-order chi connectivity index (χ1) is 17.3. The molecule has 0 atom stereocenters. The van der Waals surface area contributed by atoms with Crippen LogP contribution in [0.2, 0.25) is 0 Å². The van der Waals surface area contributed by atoms with Gasteiger partial charge in [-0.05, 0) is 50.2 Å². The van der Waals surface area contributed by atoms with Crippen molar-refractivity contribution in [2.75, 3.05) is 36.4 Å². The topological polar surface area (TPSA) is 105 Å². The van der Waals surface area contributed by atoms with Crippen LogP contribution >= 0.6 is 0 Å². The predicted octanol–water partition coefficient (Wildman–Crippen LogP) is 3.44. The van der Waals surface area contributed by atoms with Crippen LogP contribution < -0.4 is 16.0 Å². The molecule has 3 heterocycles. The van der Waals surface area contributed by atoms with Crippen molar-refractivity contribution in [2.45, 2.75) is 19.9 Å². The van der Waals surface area contributed by atoms with E-state index in [1.54, 1.807) is 0 Å². The average Bonchev–Trinajstić information content (AvgIpc) is 3.34. The Labute approximate surface area is 206 Å². The number of hydrogen-bond acceptors (Lipinski definition) is 7. The Balaban J connectivity index is 1.37. The van der Waals surface area contributed by atoms with E-state index in [1.165, 1.54) is 17.0 Å². The molecule has 0 saturated carbocycles. The zero-order valence-corrected chi connectivity index (χ0v) is 19.9. The zero-order valence-electron chi connectivity index (χ0n) is 19.9. The highest BCUT2D eigenvalue weighted by molar-refractivity contribution is 5.94. The first kappa shape index (κ1) is 23.6. The first-order valence-corrected chi connectivity index (χ1v) is 11.7. The molecule has 9 nitrogen and oxygen atoms in total. The highest BCUT2D eigenvalue weighted by Gasteiger charge is 2.20. The van der Waals surface area contributed by atoms with Crippen LogP contribution in [-0.2, 0) is 0 Å². The fraction of sp³-hybridized carbons (Fsp3) is 0.280. The summed E-state index contributed by atoms with van der Waals surface area (Å²) >= 11 is 0. The lowest BCUT2D eigenvalue weighted by Gasteiger charge is -2.38. The van der Waals surface area contributed by atoms with Gasteiger partial charge in [0.25, 0.3) is 5.91 Å². The zero-order chi connectivity index (χ0) is 25.4. The van der Waals surface area contributed by atoms with Crippen LogP contribution in [0.5, 0.6) is 0 Å². The fourth-order valence-electron chi connectivity index (χ4n) is 4.45. The monoisotopic (exact) mass is 492 g/mol. The molecule has 5 rings (SSSR count). The number of aromatic nitrogens is 4. The molecule has 1 aliphatic heterocycles. The van der Waals surface area contributed by atoms with Gasteiger partial charge in [-0.1, -0.05) is 0 Å². The number of amides is 1. The summed E-state index contributed by atoms with van der Waals surface area (Å²) in [5.41, 5.74) is 7.07. The molecular formula is C25H26F2N8O. The third-order valence-corrected chi connectivity index (χ3v) is 6.43. The lowest BCUT2D eigenvalue weighted by atomic mass is 10.1. The Morgan fingerprint density at radius 1 is 1.03 bits per heavy atom. The molecule has 3 N–H and O–H groups in total. The number of benzene rings is 2. The molecule has 0 unspecified atom stereocenters. The highest BCUT2D eigenvalue weighted by Crippen LogP contribution is 2.28. The molecule has 2 aromatic carbocycles. The molecule has 0 bridgehead atoms. The van der Waals surface area contributed by atoms with Gasteiger partial charge in [0.2, 0.25) is 0 Å². The van der Waals surface area contributed by atoms with E-state index in [1.807, 2.05) is 12.1 Å². The van der Waals surface area contributed by atoms with Gasteiger partial charge in [-0.25, -0.2) is 23.3 Å². The van der Waals surface area contributed by atoms with E-state index in [0.29, 0.717) is 23.2 Å². The van der Waals surface area contributed by atoms with Crippen molar-refractivity contribution in [2.24, 2.45) is 5.73 Å². The molecular weight excluding hydrogens is 466 g/mol. The number of primary amides is 1.